The first-order valence-corrected chi connectivity index (χ1v) is 12.2. The highest BCUT2D eigenvalue weighted by Crippen LogP contribution is 2.44. The van der Waals surface area contributed by atoms with E-state index in [0.717, 1.165) is 0 Å². The van der Waals surface area contributed by atoms with E-state index in [-0.39, 0.29) is 33.9 Å². The summed E-state index contributed by atoms with van der Waals surface area (Å²) in [5.41, 5.74) is 8.48. The molecule has 1 aromatic heterocycles. The summed E-state index contributed by atoms with van der Waals surface area (Å²) in [7, 11) is 0. The number of hydrogen-bond donors (Lipinski definition) is 3. The Balaban J connectivity index is 1.69. The van der Waals surface area contributed by atoms with Gasteiger partial charge in [-0.1, -0.05) is 57.9 Å². The van der Waals surface area contributed by atoms with Crippen molar-refractivity contribution in [1.29, 1.82) is 0 Å². The van der Waals surface area contributed by atoms with Gasteiger partial charge >= 0.3 is 12.1 Å². The number of nitrogens with zero attached hydrogens (tertiary/aromatic N) is 3. The Bertz CT molecular complexity index is 1420. The molecule has 14 heteroatoms. The zero-order valence-electron chi connectivity index (χ0n) is 19.5. The van der Waals surface area contributed by atoms with E-state index in [1.165, 1.54) is 18.2 Å². The first-order valence-electron chi connectivity index (χ1n) is 11.0. The van der Waals surface area contributed by atoms with Gasteiger partial charge in [0.2, 0.25) is 11.9 Å². The minimum Gasteiger partial charge on any atom is -0.383 e. The van der Waals surface area contributed by atoms with Crippen molar-refractivity contribution in [2.24, 2.45) is 5.10 Å². The zero-order valence-corrected chi connectivity index (χ0v) is 21.8. The third-order valence-electron chi connectivity index (χ3n) is 6.09. The normalized spacial score (nSPS) is 17.8. The van der Waals surface area contributed by atoms with E-state index in [0.29, 0.717) is 15.6 Å². The van der Waals surface area contributed by atoms with Crippen LogP contribution in [0.5, 0.6) is 0 Å². The number of hydrogen-bond acceptors (Lipinski definition) is 6. The van der Waals surface area contributed by atoms with E-state index < -0.39 is 36.3 Å². The standard InChI is InChI=1S/C24H19BrClF5N6O/c1-22(12-5-3-2-4-6-12)17-18(32)33-21(35-19(17)34-20(22)38)37-36-16(9-10-23(27,28)24(29,30)31)14-11-13(26)7-8-15(14)25/h2-8,11H,9-10H2,1H3,(H4,32,33,34,35,37,38)/b36-16+. The molecule has 0 spiro atoms. The van der Waals surface area contributed by atoms with Crippen molar-refractivity contribution in [1.82, 2.24) is 9.97 Å². The van der Waals surface area contributed by atoms with Gasteiger partial charge in [-0.2, -0.15) is 37.0 Å². The number of amides is 1. The molecule has 0 bridgehead atoms. The van der Waals surface area contributed by atoms with Crippen LogP contribution < -0.4 is 16.5 Å². The molecule has 0 saturated carbocycles. The molecule has 200 valence electrons. The molecule has 1 unspecified atom stereocenters. The summed E-state index contributed by atoms with van der Waals surface area (Å²) in [6.07, 6.45) is -8.06. The molecule has 38 heavy (non-hydrogen) atoms. The zero-order chi connectivity index (χ0) is 27.9. The molecule has 4 N–H and O–H groups in total. The van der Waals surface area contributed by atoms with E-state index in [1.54, 1.807) is 37.3 Å². The Kier molecular flexibility index (Phi) is 7.36. The van der Waals surface area contributed by atoms with Gasteiger partial charge in [-0.05, 0) is 37.1 Å². The number of nitrogens with two attached hydrogens (primary N) is 1. The molecule has 1 atom stereocenters. The first-order chi connectivity index (χ1) is 17.7. The Morgan fingerprint density at radius 2 is 1.84 bits per heavy atom. The molecule has 0 saturated heterocycles. The smallest absolute Gasteiger partial charge is 0.383 e. The molecule has 0 aliphatic carbocycles. The van der Waals surface area contributed by atoms with Crippen LogP contribution in [0.2, 0.25) is 5.02 Å². The fourth-order valence-corrected chi connectivity index (χ4v) is 4.66. The predicted octanol–water partition coefficient (Wildman–Crippen LogP) is 6.53. The number of alkyl halides is 5. The van der Waals surface area contributed by atoms with Gasteiger partial charge in [0, 0.05) is 21.5 Å². The molecule has 0 radical (unpaired) electrons. The highest BCUT2D eigenvalue weighted by molar-refractivity contribution is 9.10. The monoisotopic (exact) mass is 616 g/mol. The van der Waals surface area contributed by atoms with Gasteiger partial charge in [0.25, 0.3) is 0 Å². The number of aromatic nitrogens is 2. The van der Waals surface area contributed by atoms with Gasteiger partial charge in [0.05, 0.1) is 11.3 Å². The van der Waals surface area contributed by atoms with Crippen molar-refractivity contribution in [3.63, 3.8) is 0 Å². The SMILES string of the molecule is CC1(c2ccccc2)C(=O)Nc2nc(N/N=C(\CCC(F)(F)C(F)(F)F)c3cc(Cl)ccc3Br)nc(N)c21. The molecule has 2 aromatic carbocycles. The number of carbonyl (C=O) groups is 1. The molecule has 3 aromatic rings. The summed E-state index contributed by atoms with van der Waals surface area (Å²) in [4.78, 5) is 21.3. The Labute approximate surface area is 226 Å². The second-order valence-corrected chi connectivity index (χ2v) is 9.89. The molecule has 4 rings (SSSR count). The minimum atomic E-state index is -5.72. The van der Waals surface area contributed by atoms with Crippen LogP contribution in [-0.2, 0) is 10.2 Å². The summed E-state index contributed by atoms with van der Waals surface area (Å²) in [5, 5.41) is 6.88. The van der Waals surface area contributed by atoms with Crippen molar-refractivity contribution in [3.8, 4) is 0 Å². The maximum Gasteiger partial charge on any atom is 0.453 e. The lowest BCUT2D eigenvalue weighted by Crippen LogP contribution is -2.36. The molecule has 1 aliphatic heterocycles. The predicted molar refractivity (Wildman–Crippen MR) is 138 cm³/mol. The summed E-state index contributed by atoms with van der Waals surface area (Å²) >= 11 is 9.25. The first kappa shape index (κ1) is 27.7. The summed E-state index contributed by atoms with van der Waals surface area (Å²) in [5.74, 6) is -5.48. The fourth-order valence-electron chi connectivity index (χ4n) is 4.01. The van der Waals surface area contributed by atoms with Gasteiger partial charge in [-0.15, -0.1) is 0 Å². The summed E-state index contributed by atoms with van der Waals surface area (Å²) in [6, 6.07) is 13.2. The highest BCUT2D eigenvalue weighted by atomic mass is 79.9. The number of nitrogen functional groups attached to an aromatic ring is 1. The maximum absolute atomic E-state index is 13.7. The molecule has 1 amide bonds. The van der Waals surface area contributed by atoms with Crippen LogP contribution in [0.25, 0.3) is 0 Å². The van der Waals surface area contributed by atoms with Gasteiger partial charge in [-0.3, -0.25) is 4.79 Å². The molecule has 1 aliphatic rings. The number of anilines is 3. The van der Waals surface area contributed by atoms with Gasteiger partial charge < -0.3 is 11.1 Å². The van der Waals surface area contributed by atoms with Crippen molar-refractivity contribution >= 4 is 56.7 Å². The van der Waals surface area contributed by atoms with E-state index >= 15 is 0 Å². The quantitative estimate of drug-likeness (QED) is 0.159. The lowest BCUT2D eigenvalue weighted by atomic mass is 9.78. The van der Waals surface area contributed by atoms with Crippen LogP contribution in [0.4, 0.5) is 39.5 Å². The third-order valence-corrected chi connectivity index (χ3v) is 7.02. The number of carbonyl (C=O) groups excluding carboxylic acids is 1. The van der Waals surface area contributed by atoms with E-state index in [4.69, 9.17) is 17.3 Å². The number of rotatable bonds is 7. The van der Waals surface area contributed by atoms with Crippen molar-refractivity contribution in [2.45, 2.75) is 37.3 Å². The Morgan fingerprint density at radius 3 is 2.50 bits per heavy atom. The second kappa shape index (κ2) is 10.1. The van der Waals surface area contributed by atoms with Crippen LogP contribution in [0.15, 0.2) is 58.1 Å². The number of nitrogens with one attached hydrogen (secondary N) is 2. The number of halogens is 7. The molecule has 0 fully saturated rings. The average molecular weight is 618 g/mol. The van der Waals surface area contributed by atoms with Crippen LogP contribution in [0, 0.1) is 0 Å². The van der Waals surface area contributed by atoms with Gasteiger partial charge in [-0.25, -0.2) is 5.43 Å². The van der Waals surface area contributed by atoms with E-state index in [1.807, 2.05) is 0 Å². The topological polar surface area (TPSA) is 105 Å². The van der Waals surface area contributed by atoms with Crippen LogP contribution in [0.3, 0.4) is 0 Å². The largest absolute Gasteiger partial charge is 0.453 e. The summed E-state index contributed by atoms with van der Waals surface area (Å²) < 4.78 is 66.0. The maximum atomic E-state index is 13.7. The van der Waals surface area contributed by atoms with Crippen molar-refractivity contribution in [3.05, 3.63) is 74.7 Å². The minimum absolute atomic E-state index is 0.0495. The van der Waals surface area contributed by atoms with Gasteiger partial charge in [0.1, 0.15) is 17.1 Å². The van der Waals surface area contributed by atoms with Crippen molar-refractivity contribution < 1.29 is 26.7 Å². The Morgan fingerprint density at radius 1 is 1.16 bits per heavy atom. The molecule has 7 nitrogen and oxygen atoms in total. The summed E-state index contributed by atoms with van der Waals surface area (Å²) in [6.45, 7) is 1.67. The molecular formula is C24H19BrClF5N6O. The van der Waals surface area contributed by atoms with Crippen LogP contribution >= 0.6 is 27.5 Å². The third kappa shape index (κ3) is 5.17. The van der Waals surface area contributed by atoms with Gasteiger partial charge in [0.15, 0.2) is 0 Å². The van der Waals surface area contributed by atoms with E-state index in [2.05, 4.69) is 41.7 Å². The van der Waals surface area contributed by atoms with Crippen molar-refractivity contribution in [2.75, 3.05) is 16.5 Å². The Hall–Kier alpha value is -3.32. The van der Waals surface area contributed by atoms with Crippen LogP contribution in [0.1, 0.15) is 36.5 Å². The van der Waals surface area contributed by atoms with E-state index in [9.17, 15) is 26.7 Å². The second-order valence-electron chi connectivity index (χ2n) is 8.60. The lowest BCUT2D eigenvalue weighted by molar-refractivity contribution is -0.283. The fraction of sp³-hybridized carbons (Fsp3) is 0.250. The lowest BCUT2D eigenvalue weighted by Gasteiger charge is -2.23. The number of hydrazone groups is 1. The highest BCUT2D eigenvalue weighted by Gasteiger charge is 2.56. The average Bonchev–Trinajstić information content (AvgIpc) is 3.11. The number of fused-ring (bicyclic) bond motifs is 1. The molecular weight excluding hydrogens is 599 g/mol. The van der Waals surface area contributed by atoms with Crippen LogP contribution in [-0.4, -0.2) is 33.7 Å². The molecule has 2 heterocycles. The number of benzene rings is 2.